The summed E-state index contributed by atoms with van der Waals surface area (Å²) < 4.78 is 0. The van der Waals surface area contributed by atoms with Gasteiger partial charge in [-0.05, 0) is 58.3 Å². The lowest BCUT2D eigenvalue weighted by atomic mass is 9.94. The minimum atomic E-state index is -0.702. The van der Waals surface area contributed by atoms with Crippen LogP contribution < -0.4 is 5.32 Å². The molecule has 0 aliphatic carbocycles. The van der Waals surface area contributed by atoms with Gasteiger partial charge in [0.25, 0.3) is 0 Å². The van der Waals surface area contributed by atoms with E-state index in [-0.39, 0.29) is 6.04 Å². The van der Waals surface area contributed by atoms with Crippen molar-refractivity contribution in [2.45, 2.75) is 51.5 Å². The average Bonchev–Trinajstić information content (AvgIpc) is 2.35. The van der Waals surface area contributed by atoms with E-state index in [2.05, 4.69) is 24.2 Å². The molecular formula is C14H28N2O2. The third-order valence-corrected chi connectivity index (χ3v) is 3.93. The topological polar surface area (TPSA) is 52.6 Å². The van der Waals surface area contributed by atoms with Crippen molar-refractivity contribution in [2.24, 2.45) is 5.92 Å². The molecule has 0 spiro atoms. The number of piperidine rings is 1. The number of unbranched alkanes of at least 4 members (excludes halogenated alkanes) is 1. The van der Waals surface area contributed by atoms with Crippen LogP contribution in [-0.2, 0) is 4.79 Å². The summed E-state index contributed by atoms with van der Waals surface area (Å²) in [5.74, 6) is 0.0705. The van der Waals surface area contributed by atoms with Gasteiger partial charge in [-0.3, -0.25) is 4.79 Å². The van der Waals surface area contributed by atoms with Gasteiger partial charge in [0.1, 0.15) is 6.04 Å². The SMILES string of the molecule is CCCCC(NCCC1CCN(C)CC1)C(=O)O. The zero-order valence-corrected chi connectivity index (χ0v) is 11.8. The highest BCUT2D eigenvalue weighted by molar-refractivity contribution is 5.73. The second-order valence-corrected chi connectivity index (χ2v) is 5.52. The highest BCUT2D eigenvalue weighted by atomic mass is 16.4. The Kier molecular flexibility index (Phi) is 7.28. The minimum Gasteiger partial charge on any atom is -0.480 e. The van der Waals surface area contributed by atoms with Crippen LogP contribution in [0.1, 0.15) is 45.4 Å². The summed E-state index contributed by atoms with van der Waals surface area (Å²) >= 11 is 0. The summed E-state index contributed by atoms with van der Waals surface area (Å²) in [5, 5.41) is 12.3. The predicted octanol–water partition coefficient (Wildman–Crippen LogP) is 1.95. The molecule has 18 heavy (non-hydrogen) atoms. The second-order valence-electron chi connectivity index (χ2n) is 5.52. The van der Waals surface area contributed by atoms with Crippen molar-refractivity contribution >= 4 is 5.97 Å². The maximum absolute atomic E-state index is 11.1. The number of nitrogens with zero attached hydrogens (tertiary/aromatic N) is 1. The van der Waals surface area contributed by atoms with E-state index in [4.69, 9.17) is 5.11 Å². The quantitative estimate of drug-likeness (QED) is 0.697. The second kappa shape index (κ2) is 8.48. The zero-order chi connectivity index (χ0) is 13.4. The van der Waals surface area contributed by atoms with Crippen molar-refractivity contribution in [3.8, 4) is 0 Å². The molecule has 0 aromatic heterocycles. The first-order valence-corrected chi connectivity index (χ1v) is 7.28. The maximum atomic E-state index is 11.1. The largest absolute Gasteiger partial charge is 0.480 e. The van der Waals surface area contributed by atoms with E-state index in [1.54, 1.807) is 0 Å². The molecule has 1 fully saturated rings. The number of nitrogens with one attached hydrogen (secondary N) is 1. The first kappa shape index (κ1) is 15.4. The third-order valence-electron chi connectivity index (χ3n) is 3.93. The monoisotopic (exact) mass is 256 g/mol. The Morgan fingerprint density at radius 1 is 1.44 bits per heavy atom. The lowest BCUT2D eigenvalue weighted by Gasteiger charge is -2.29. The fraction of sp³-hybridized carbons (Fsp3) is 0.929. The van der Waals surface area contributed by atoms with Gasteiger partial charge in [0.05, 0.1) is 0 Å². The van der Waals surface area contributed by atoms with Crippen molar-refractivity contribution in [2.75, 3.05) is 26.7 Å². The molecule has 4 heteroatoms. The van der Waals surface area contributed by atoms with Gasteiger partial charge in [-0.1, -0.05) is 19.8 Å². The molecule has 0 bridgehead atoms. The average molecular weight is 256 g/mol. The zero-order valence-electron chi connectivity index (χ0n) is 11.8. The molecule has 1 aliphatic rings. The fourth-order valence-electron chi connectivity index (χ4n) is 2.53. The number of carboxylic acids is 1. The van der Waals surface area contributed by atoms with Gasteiger partial charge < -0.3 is 15.3 Å². The van der Waals surface area contributed by atoms with E-state index in [1.165, 1.54) is 25.9 Å². The van der Waals surface area contributed by atoms with Crippen molar-refractivity contribution in [1.82, 2.24) is 10.2 Å². The van der Waals surface area contributed by atoms with Gasteiger partial charge in [-0.25, -0.2) is 0 Å². The predicted molar refractivity (Wildman–Crippen MR) is 73.8 cm³/mol. The van der Waals surface area contributed by atoms with Crippen LogP contribution in [0.2, 0.25) is 0 Å². The highest BCUT2D eigenvalue weighted by Gasteiger charge is 2.19. The molecule has 0 saturated carbocycles. The Labute approximate surface area is 111 Å². The summed E-state index contributed by atoms with van der Waals surface area (Å²) in [6.45, 7) is 5.30. The number of rotatable bonds is 8. The first-order valence-electron chi connectivity index (χ1n) is 7.28. The van der Waals surface area contributed by atoms with Gasteiger partial charge in [0.2, 0.25) is 0 Å². The first-order chi connectivity index (χ1) is 8.63. The minimum absolute atomic E-state index is 0.351. The smallest absolute Gasteiger partial charge is 0.320 e. The summed E-state index contributed by atoms with van der Waals surface area (Å²) in [6.07, 6.45) is 6.41. The van der Waals surface area contributed by atoms with Gasteiger partial charge in [-0.15, -0.1) is 0 Å². The number of hydrogen-bond acceptors (Lipinski definition) is 3. The van der Waals surface area contributed by atoms with Crippen molar-refractivity contribution in [1.29, 1.82) is 0 Å². The maximum Gasteiger partial charge on any atom is 0.320 e. The van der Waals surface area contributed by atoms with Crippen LogP contribution in [0.15, 0.2) is 0 Å². The van der Waals surface area contributed by atoms with E-state index in [9.17, 15) is 4.79 Å². The molecule has 4 nitrogen and oxygen atoms in total. The Morgan fingerprint density at radius 3 is 2.67 bits per heavy atom. The van der Waals surface area contributed by atoms with E-state index < -0.39 is 5.97 Å². The highest BCUT2D eigenvalue weighted by Crippen LogP contribution is 2.18. The molecule has 0 aromatic rings. The van der Waals surface area contributed by atoms with E-state index in [0.717, 1.165) is 38.1 Å². The Morgan fingerprint density at radius 2 is 2.11 bits per heavy atom. The summed E-state index contributed by atoms with van der Waals surface area (Å²) in [4.78, 5) is 13.4. The van der Waals surface area contributed by atoms with E-state index in [0.29, 0.717) is 0 Å². The molecule has 0 aromatic carbocycles. The number of hydrogen-bond donors (Lipinski definition) is 2. The normalized spacial score (nSPS) is 19.9. The van der Waals surface area contributed by atoms with Gasteiger partial charge >= 0.3 is 5.97 Å². The molecule has 0 amide bonds. The van der Waals surface area contributed by atoms with Crippen LogP contribution in [0.25, 0.3) is 0 Å². The summed E-state index contributed by atoms with van der Waals surface area (Å²) in [7, 11) is 2.17. The number of carbonyl (C=O) groups is 1. The van der Waals surface area contributed by atoms with Crippen molar-refractivity contribution < 1.29 is 9.90 Å². The third kappa shape index (κ3) is 5.83. The summed E-state index contributed by atoms with van der Waals surface area (Å²) in [5.41, 5.74) is 0. The Hall–Kier alpha value is -0.610. The van der Waals surface area contributed by atoms with Gasteiger partial charge in [-0.2, -0.15) is 0 Å². The van der Waals surface area contributed by atoms with Crippen LogP contribution >= 0.6 is 0 Å². The molecular weight excluding hydrogens is 228 g/mol. The van der Waals surface area contributed by atoms with Crippen LogP contribution in [0, 0.1) is 5.92 Å². The van der Waals surface area contributed by atoms with Crippen LogP contribution in [0.4, 0.5) is 0 Å². The van der Waals surface area contributed by atoms with Crippen molar-refractivity contribution in [3.63, 3.8) is 0 Å². The van der Waals surface area contributed by atoms with Crippen molar-refractivity contribution in [3.05, 3.63) is 0 Å². The molecule has 106 valence electrons. The fourth-order valence-corrected chi connectivity index (χ4v) is 2.53. The molecule has 2 N–H and O–H groups in total. The van der Waals surface area contributed by atoms with E-state index in [1.807, 2.05) is 0 Å². The molecule has 1 saturated heterocycles. The lowest BCUT2D eigenvalue weighted by molar-refractivity contribution is -0.139. The Balaban J connectivity index is 2.16. The lowest BCUT2D eigenvalue weighted by Crippen LogP contribution is -2.38. The number of aliphatic carboxylic acids is 1. The van der Waals surface area contributed by atoms with Crippen LogP contribution in [0.3, 0.4) is 0 Å². The van der Waals surface area contributed by atoms with Gasteiger partial charge in [0, 0.05) is 0 Å². The summed E-state index contributed by atoms with van der Waals surface area (Å²) in [6, 6.07) is -0.351. The standard InChI is InChI=1S/C14H28N2O2/c1-3-4-5-13(14(17)18)15-9-6-12-7-10-16(2)11-8-12/h12-13,15H,3-11H2,1-2H3,(H,17,18). The van der Waals surface area contributed by atoms with Gasteiger partial charge in [0.15, 0.2) is 0 Å². The molecule has 1 rings (SSSR count). The number of carboxylic acid groups (broad SMARTS) is 1. The van der Waals surface area contributed by atoms with Crippen LogP contribution in [0.5, 0.6) is 0 Å². The molecule has 1 unspecified atom stereocenters. The molecule has 1 atom stereocenters. The molecule has 1 aliphatic heterocycles. The molecule has 0 radical (unpaired) electrons. The van der Waals surface area contributed by atoms with E-state index >= 15 is 0 Å². The number of likely N-dealkylation sites (tertiary alicyclic amines) is 1. The Bertz CT molecular complexity index is 238. The molecule has 1 heterocycles. The van der Waals surface area contributed by atoms with Crippen LogP contribution in [-0.4, -0.2) is 48.7 Å².